The van der Waals surface area contributed by atoms with Crippen molar-refractivity contribution in [3.63, 3.8) is 0 Å². The summed E-state index contributed by atoms with van der Waals surface area (Å²) in [6.07, 6.45) is 0. The lowest BCUT2D eigenvalue weighted by Gasteiger charge is -2.10. The number of hydrogen-bond acceptors (Lipinski definition) is 3. The van der Waals surface area contributed by atoms with E-state index in [0.717, 1.165) is 5.69 Å². The van der Waals surface area contributed by atoms with Crippen molar-refractivity contribution < 1.29 is 4.79 Å². The third-order valence-corrected chi connectivity index (χ3v) is 1.63. The maximum atomic E-state index is 11.3. The van der Waals surface area contributed by atoms with Crippen LogP contribution in [0.15, 0.2) is 24.3 Å². The number of benzene rings is 1. The molecule has 4 nitrogen and oxygen atoms in total. The Bertz CT molecular complexity index is 323. The molecule has 0 aliphatic rings. The second kappa shape index (κ2) is 4.62. The zero-order valence-electron chi connectivity index (χ0n) is 8.45. The van der Waals surface area contributed by atoms with Crippen LogP contribution in [0.4, 0.5) is 11.4 Å². The van der Waals surface area contributed by atoms with Gasteiger partial charge in [0.15, 0.2) is 0 Å². The molecule has 76 valence electrons. The van der Waals surface area contributed by atoms with Gasteiger partial charge in [-0.3, -0.25) is 4.79 Å². The van der Waals surface area contributed by atoms with Gasteiger partial charge in [-0.2, -0.15) is 0 Å². The molecule has 0 unspecified atom stereocenters. The molecule has 1 aromatic rings. The van der Waals surface area contributed by atoms with E-state index in [1.165, 1.54) is 0 Å². The highest BCUT2D eigenvalue weighted by molar-refractivity contribution is 5.92. The fourth-order valence-electron chi connectivity index (χ4n) is 1.10. The Morgan fingerprint density at radius 1 is 1.50 bits per heavy atom. The topological polar surface area (TPSA) is 58.4 Å². The Hall–Kier alpha value is -1.55. The lowest BCUT2D eigenvalue weighted by atomic mass is 10.3. The van der Waals surface area contributed by atoms with Crippen molar-refractivity contribution in [2.24, 2.45) is 0 Å². The number of likely N-dealkylation sites (N-methyl/N-ethyl adjacent to an activating group) is 1. The van der Waals surface area contributed by atoms with Crippen molar-refractivity contribution in [2.45, 2.75) is 0 Å². The maximum absolute atomic E-state index is 11.3. The van der Waals surface area contributed by atoms with Crippen LogP contribution in [0, 0.1) is 0 Å². The van der Waals surface area contributed by atoms with Crippen LogP contribution in [-0.4, -0.2) is 31.4 Å². The molecule has 0 fully saturated rings. The summed E-state index contributed by atoms with van der Waals surface area (Å²) in [6, 6.07) is 7.12. The Kier molecular flexibility index (Phi) is 3.48. The average molecular weight is 193 g/mol. The lowest BCUT2D eigenvalue weighted by molar-refractivity contribution is -0.116. The minimum atomic E-state index is -0.0411. The van der Waals surface area contributed by atoms with E-state index >= 15 is 0 Å². The number of nitrogen functional groups attached to an aromatic ring is 1. The van der Waals surface area contributed by atoms with E-state index in [9.17, 15) is 4.79 Å². The van der Waals surface area contributed by atoms with E-state index in [-0.39, 0.29) is 5.91 Å². The molecular weight excluding hydrogens is 178 g/mol. The van der Waals surface area contributed by atoms with Crippen molar-refractivity contribution in [1.82, 2.24) is 4.90 Å². The molecule has 0 heterocycles. The van der Waals surface area contributed by atoms with Crippen molar-refractivity contribution in [2.75, 3.05) is 31.7 Å². The van der Waals surface area contributed by atoms with Crippen LogP contribution >= 0.6 is 0 Å². The number of nitrogens with two attached hydrogens (primary N) is 1. The van der Waals surface area contributed by atoms with E-state index in [1.807, 2.05) is 25.1 Å². The second-order valence-corrected chi connectivity index (χ2v) is 3.41. The molecule has 0 saturated heterocycles. The highest BCUT2D eigenvalue weighted by Crippen LogP contribution is 2.11. The van der Waals surface area contributed by atoms with Crippen molar-refractivity contribution in [3.05, 3.63) is 24.3 Å². The minimum absolute atomic E-state index is 0.0411. The fourth-order valence-corrected chi connectivity index (χ4v) is 1.10. The van der Waals surface area contributed by atoms with Crippen LogP contribution in [0.2, 0.25) is 0 Å². The van der Waals surface area contributed by atoms with E-state index in [4.69, 9.17) is 5.73 Å². The van der Waals surface area contributed by atoms with Gasteiger partial charge in [-0.1, -0.05) is 6.07 Å². The molecule has 1 amide bonds. The Morgan fingerprint density at radius 3 is 2.79 bits per heavy atom. The molecular formula is C10H15N3O. The van der Waals surface area contributed by atoms with Gasteiger partial charge in [0.2, 0.25) is 5.91 Å². The SMILES string of the molecule is CN(C)CC(=O)Nc1cccc(N)c1. The number of amides is 1. The number of nitrogens with zero attached hydrogens (tertiary/aromatic N) is 1. The van der Waals surface area contributed by atoms with Gasteiger partial charge in [0, 0.05) is 11.4 Å². The first-order chi connectivity index (χ1) is 6.58. The molecule has 3 N–H and O–H groups in total. The molecule has 0 aliphatic heterocycles. The summed E-state index contributed by atoms with van der Waals surface area (Å²) < 4.78 is 0. The largest absolute Gasteiger partial charge is 0.399 e. The van der Waals surface area contributed by atoms with Crippen molar-refractivity contribution in [1.29, 1.82) is 0 Å². The van der Waals surface area contributed by atoms with Crippen LogP contribution in [-0.2, 0) is 4.79 Å². The summed E-state index contributed by atoms with van der Waals surface area (Å²) in [5, 5.41) is 2.75. The number of carbonyl (C=O) groups excluding carboxylic acids is 1. The lowest BCUT2D eigenvalue weighted by Crippen LogP contribution is -2.27. The van der Waals surface area contributed by atoms with Crippen LogP contribution in [0.5, 0.6) is 0 Å². The van der Waals surface area contributed by atoms with Gasteiger partial charge in [0.1, 0.15) is 0 Å². The molecule has 1 aromatic carbocycles. The molecule has 0 aliphatic carbocycles. The monoisotopic (exact) mass is 193 g/mol. The zero-order valence-corrected chi connectivity index (χ0v) is 8.45. The van der Waals surface area contributed by atoms with E-state index in [2.05, 4.69) is 5.32 Å². The first-order valence-electron chi connectivity index (χ1n) is 4.38. The second-order valence-electron chi connectivity index (χ2n) is 3.41. The van der Waals surface area contributed by atoms with E-state index in [1.54, 1.807) is 18.2 Å². The molecule has 0 spiro atoms. The molecule has 0 bridgehead atoms. The quantitative estimate of drug-likeness (QED) is 0.697. The zero-order chi connectivity index (χ0) is 10.6. The number of anilines is 2. The summed E-state index contributed by atoms with van der Waals surface area (Å²) >= 11 is 0. The van der Waals surface area contributed by atoms with Gasteiger partial charge < -0.3 is 16.0 Å². The molecule has 14 heavy (non-hydrogen) atoms. The molecule has 1 rings (SSSR count). The summed E-state index contributed by atoms with van der Waals surface area (Å²) in [6.45, 7) is 0.370. The average Bonchev–Trinajstić information content (AvgIpc) is 2.01. The number of hydrogen-bond donors (Lipinski definition) is 2. The van der Waals surface area contributed by atoms with Crippen molar-refractivity contribution >= 4 is 17.3 Å². The van der Waals surface area contributed by atoms with E-state index in [0.29, 0.717) is 12.2 Å². The van der Waals surface area contributed by atoms with Crippen LogP contribution in [0.3, 0.4) is 0 Å². The standard InChI is InChI=1S/C10H15N3O/c1-13(2)7-10(14)12-9-5-3-4-8(11)6-9/h3-6H,7,11H2,1-2H3,(H,12,14). The smallest absolute Gasteiger partial charge is 0.238 e. The van der Waals surface area contributed by atoms with Crippen LogP contribution in [0.1, 0.15) is 0 Å². The number of nitrogens with one attached hydrogen (secondary N) is 1. The van der Waals surface area contributed by atoms with Crippen molar-refractivity contribution in [3.8, 4) is 0 Å². The summed E-state index contributed by atoms with van der Waals surface area (Å²) in [5.41, 5.74) is 6.95. The summed E-state index contributed by atoms with van der Waals surface area (Å²) in [4.78, 5) is 13.1. The van der Waals surface area contributed by atoms with Gasteiger partial charge in [-0.05, 0) is 32.3 Å². The summed E-state index contributed by atoms with van der Waals surface area (Å²) in [5.74, 6) is -0.0411. The highest BCUT2D eigenvalue weighted by atomic mass is 16.2. The fraction of sp³-hybridized carbons (Fsp3) is 0.300. The third-order valence-electron chi connectivity index (χ3n) is 1.63. The third kappa shape index (κ3) is 3.45. The van der Waals surface area contributed by atoms with Gasteiger partial charge in [-0.15, -0.1) is 0 Å². The predicted molar refractivity (Wildman–Crippen MR) is 58.0 cm³/mol. The Labute approximate surface area is 83.7 Å². The molecule has 0 saturated carbocycles. The summed E-state index contributed by atoms with van der Waals surface area (Å²) in [7, 11) is 3.69. The number of rotatable bonds is 3. The minimum Gasteiger partial charge on any atom is -0.399 e. The molecule has 0 atom stereocenters. The van der Waals surface area contributed by atoms with Crippen LogP contribution in [0.25, 0.3) is 0 Å². The van der Waals surface area contributed by atoms with Gasteiger partial charge >= 0.3 is 0 Å². The number of carbonyl (C=O) groups is 1. The maximum Gasteiger partial charge on any atom is 0.238 e. The first-order valence-corrected chi connectivity index (χ1v) is 4.38. The first kappa shape index (κ1) is 10.5. The molecule has 0 aromatic heterocycles. The predicted octanol–water partition coefficient (Wildman–Crippen LogP) is 0.769. The van der Waals surface area contributed by atoms with Gasteiger partial charge in [0.25, 0.3) is 0 Å². The van der Waals surface area contributed by atoms with E-state index < -0.39 is 0 Å². The molecule has 4 heteroatoms. The Morgan fingerprint density at radius 2 is 2.21 bits per heavy atom. The normalized spacial score (nSPS) is 10.2. The molecule has 0 radical (unpaired) electrons. The Balaban J connectivity index is 2.56. The van der Waals surface area contributed by atoms with Gasteiger partial charge in [-0.25, -0.2) is 0 Å². The highest BCUT2D eigenvalue weighted by Gasteiger charge is 2.02. The van der Waals surface area contributed by atoms with Gasteiger partial charge in [0.05, 0.1) is 6.54 Å². The van der Waals surface area contributed by atoms with Crippen LogP contribution < -0.4 is 11.1 Å².